The van der Waals surface area contributed by atoms with Gasteiger partial charge in [0, 0.05) is 23.7 Å². The molecule has 0 aliphatic heterocycles. The molecule has 2 heterocycles. The van der Waals surface area contributed by atoms with Crippen LogP contribution in [-0.2, 0) is 11.3 Å². The summed E-state index contributed by atoms with van der Waals surface area (Å²) >= 11 is 1.46. The highest BCUT2D eigenvalue weighted by molar-refractivity contribution is 7.19. The van der Waals surface area contributed by atoms with E-state index in [1.54, 1.807) is 0 Å². The fraction of sp³-hybridized carbons (Fsp3) is 0.316. The molecule has 5 nitrogen and oxygen atoms in total. The Morgan fingerprint density at radius 1 is 1.24 bits per heavy atom. The second kappa shape index (κ2) is 6.80. The molecular weight excluding hydrogens is 332 g/mol. The summed E-state index contributed by atoms with van der Waals surface area (Å²) in [6, 6.07) is 9.98. The number of hydrogen-bond acceptors (Lipinski definition) is 4. The molecule has 0 aliphatic rings. The summed E-state index contributed by atoms with van der Waals surface area (Å²) in [5.74, 6) is -0.0495. The molecule has 3 aromatic rings. The van der Waals surface area contributed by atoms with Gasteiger partial charge in [-0.3, -0.25) is 4.79 Å². The Labute approximate surface area is 151 Å². The molecule has 0 atom stereocenters. The maximum absolute atomic E-state index is 12.3. The molecule has 0 saturated carbocycles. The minimum absolute atomic E-state index is 0.0495. The molecule has 130 valence electrons. The van der Waals surface area contributed by atoms with Crippen LogP contribution in [0.25, 0.3) is 21.8 Å². The van der Waals surface area contributed by atoms with E-state index >= 15 is 0 Å². The molecule has 0 fully saturated rings. The van der Waals surface area contributed by atoms with Crippen molar-refractivity contribution >= 4 is 22.4 Å². The van der Waals surface area contributed by atoms with Crippen LogP contribution in [0.15, 0.2) is 42.9 Å². The van der Waals surface area contributed by atoms with E-state index in [9.17, 15) is 4.79 Å². The summed E-state index contributed by atoms with van der Waals surface area (Å²) < 4.78 is 2.03. The molecule has 1 amide bonds. The van der Waals surface area contributed by atoms with E-state index in [2.05, 4.69) is 22.2 Å². The van der Waals surface area contributed by atoms with E-state index in [1.165, 1.54) is 11.3 Å². The van der Waals surface area contributed by atoms with Crippen molar-refractivity contribution in [3.05, 3.63) is 42.9 Å². The Hall–Kier alpha value is -2.47. The number of carbonyl (C=O) groups excluding carboxylic acids is 1. The van der Waals surface area contributed by atoms with Crippen molar-refractivity contribution in [2.45, 2.75) is 34.2 Å². The van der Waals surface area contributed by atoms with Gasteiger partial charge in [-0.2, -0.15) is 0 Å². The molecule has 0 unspecified atom stereocenters. The third-order valence-electron chi connectivity index (χ3n) is 3.81. The van der Waals surface area contributed by atoms with E-state index in [-0.39, 0.29) is 5.91 Å². The van der Waals surface area contributed by atoms with Gasteiger partial charge in [-0.05, 0) is 6.92 Å². The fourth-order valence-electron chi connectivity index (χ4n) is 2.27. The average Bonchev–Trinajstić information content (AvgIpc) is 3.21. The number of nitrogens with one attached hydrogen (secondary N) is 1. The molecule has 0 aliphatic carbocycles. The minimum Gasteiger partial charge on any atom is -0.337 e. The Morgan fingerprint density at radius 2 is 1.96 bits per heavy atom. The number of hydrogen-bond donors (Lipinski definition) is 1. The van der Waals surface area contributed by atoms with Crippen LogP contribution in [0.4, 0.5) is 5.13 Å². The molecule has 0 saturated heterocycles. The van der Waals surface area contributed by atoms with Gasteiger partial charge >= 0.3 is 0 Å². The predicted molar refractivity (Wildman–Crippen MR) is 103 cm³/mol. The van der Waals surface area contributed by atoms with Crippen LogP contribution in [0.1, 0.15) is 27.7 Å². The highest BCUT2D eigenvalue weighted by Gasteiger charge is 2.24. The highest BCUT2D eigenvalue weighted by atomic mass is 32.1. The molecule has 6 heteroatoms. The maximum Gasteiger partial charge on any atom is 0.231 e. The van der Waals surface area contributed by atoms with Crippen LogP contribution in [0.5, 0.6) is 0 Å². The molecule has 2 aromatic heterocycles. The summed E-state index contributed by atoms with van der Waals surface area (Å²) in [4.78, 5) is 22.5. The standard InChI is InChI=1S/C19H22N4OS/c1-5-23-11-14(20-12-23)16-15(13-9-7-6-8-10-13)21-18(25-16)22-17(24)19(2,3)4/h6-12H,5H2,1-4H3,(H,21,22,24). The third-order valence-corrected chi connectivity index (χ3v) is 4.80. The van der Waals surface area contributed by atoms with Crippen molar-refractivity contribution in [1.29, 1.82) is 0 Å². The topological polar surface area (TPSA) is 59.8 Å². The largest absolute Gasteiger partial charge is 0.337 e. The first-order valence-electron chi connectivity index (χ1n) is 8.28. The lowest BCUT2D eigenvalue weighted by molar-refractivity contribution is -0.123. The maximum atomic E-state index is 12.3. The SMILES string of the molecule is CCn1cnc(-c2sc(NC(=O)C(C)(C)C)nc2-c2ccccc2)c1. The van der Waals surface area contributed by atoms with Gasteiger partial charge in [0.2, 0.25) is 5.91 Å². The molecule has 3 rings (SSSR count). The zero-order chi connectivity index (χ0) is 18.0. The van der Waals surface area contributed by atoms with Crippen LogP contribution in [0, 0.1) is 5.41 Å². The van der Waals surface area contributed by atoms with Gasteiger partial charge in [0.1, 0.15) is 5.69 Å². The number of thiazole rings is 1. The number of aryl methyl sites for hydroxylation is 1. The van der Waals surface area contributed by atoms with Crippen LogP contribution in [0.3, 0.4) is 0 Å². The summed E-state index contributed by atoms with van der Waals surface area (Å²) in [5.41, 5.74) is 2.25. The molecule has 1 N–H and O–H groups in total. The van der Waals surface area contributed by atoms with Crippen molar-refractivity contribution in [1.82, 2.24) is 14.5 Å². The Balaban J connectivity index is 2.04. The summed E-state index contributed by atoms with van der Waals surface area (Å²) in [6.07, 6.45) is 3.83. The van der Waals surface area contributed by atoms with Gasteiger partial charge in [-0.15, -0.1) is 0 Å². The number of anilines is 1. The minimum atomic E-state index is -0.470. The normalized spacial score (nSPS) is 11.5. The fourth-order valence-corrected chi connectivity index (χ4v) is 3.22. The summed E-state index contributed by atoms with van der Waals surface area (Å²) in [6.45, 7) is 8.60. The number of nitrogens with zero attached hydrogens (tertiary/aromatic N) is 3. The van der Waals surface area contributed by atoms with E-state index in [0.29, 0.717) is 5.13 Å². The first-order chi connectivity index (χ1) is 11.9. The quantitative estimate of drug-likeness (QED) is 0.740. The van der Waals surface area contributed by atoms with Gasteiger partial charge in [0.15, 0.2) is 5.13 Å². The molecule has 25 heavy (non-hydrogen) atoms. The van der Waals surface area contributed by atoms with E-state index in [0.717, 1.165) is 28.4 Å². The number of carbonyl (C=O) groups is 1. The second-order valence-electron chi connectivity index (χ2n) is 6.86. The number of imidazole rings is 1. The first kappa shape index (κ1) is 17.4. The van der Waals surface area contributed by atoms with E-state index in [4.69, 9.17) is 0 Å². The van der Waals surface area contributed by atoms with Crippen molar-refractivity contribution in [3.8, 4) is 21.8 Å². The second-order valence-corrected chi connectivity index (χ2v) is 7.86. The van der Waals surface area contributed by atoms with Crippen LogP contribution in [0.2, 0.25) is 0 Å². The Bertz CT molecular complexity index is 874. The monoisotopic (exact) mass is 354 g/mol. The lowest BCUT2D eigenvalue weighted by atomic mass is 9.96. The van der Waals surface area contributed by atoms with Crippen LogP contribution >= 0.6 is 11.3 Å². The molecule has 0 spiro atoms. The Kier molecular flexibility index (Phi) is 4.72. The van der Waals surface area contributed by atoms with Gasteiger partial charge < -0.3 is 9.88 Å². The van der Waals surface area contributed by atoms with Crippen molar-refractivity contribution < 1.29 is 4.79 Å². The number of rotatable bonds is 4. The third kappa shape index (κ3) is 3.79. The van der Waals surface area contributed by atoms with Crippen molar-refractivity contribution in [3.63, 3.8) is 0 Å². The van der Waals surface area contributed by atoms with Gasteiger partial charge in [-0.1, -0.05) is 62.4 Å². The van der Waals surface area contributed by atoms with Crippen LogP contribution in [-0.4, -0.2) is 20.4 Å². The van der Waals surface area contributed by atoms with Crippen LogP contribution < -0.4 is 5.32 Å². The molecule has 0 bridgehead atoms. The predicted octanol–water partition coefficient (Wildman–Crippen LogP) is 4.68. The van der Waals surface area contributed by atoms with Crippen molar-refractivity contribution in [2.75, 3.05) is 5.32 Å². The zero-order valence-corrected chi connectivity index (χ0v) is 15.7. The van der Waals surface area contributed by atoms with Gasteiger partial charge in [-0.25, -0.2) is 9.97 Å². The Morgan fingerprint density at radius 3 is 2.56 bits per heavy atom. The summed E-state index contributed by atoms with van der Waals surface area (Å²) in [5, 5.41) is 3.53. The number of benzene rings is 1. The zero-order valence-electron chi connectivity index (χ0n) is 14.9. The van der Waals surface area contributed by atoms with Crippen molar-refractivity contribution in [2.24, 2.45) is 5.41 Å². The molecular formula is C19H22N4OS. The molecule has 0 radical (unpaired) electrons. The summed E-state index contributed by atoms with van der Waals surface area (Å²) in [7, 11) is 0. The van der Waals surface area contributed by atoms with E-state index in [1.807, 2.05) is 68.2 Å². The van der Waals surface area contributed by atoms with E-state index < -0.39 is 5.41 Å². The number of aromatic nitrogens is 3. The van der Waals surface area contributed by atoms with Gasteiger partial charge in [0.25, 0.3) is 0 Å². The average molecular weight is 354 g/mol. The lowest BCUT2D eigenvalue weighted by Gasteiger charge is -2.15. The molecule has 1 aromatic carbocycles. The highest BCUT2D eigenvalue weighted by Crippen LogP contribution is 2.38. The first-order valence-corrected chi connectivity index (χ1v) is 9.10. The lowest BCUT2D eigenvalue weighted by Crippen LogP contribution is -2.27. The van der Waals surface area contributed by atoms with Gasteiger partial charge in [0.05, 0.1) is 16.9 Å². The smallest absolute Gasteiger partial charge is 0.231 e. The number of amides is 1.